The second-order valence-corrected chi connectivity index (χ2v) is 7.58. The SMILES string of the molecule is Cc1csc(C(NC(=O)N2CCC(n3cncn3)CC2)C2CC2)n1. The molecule has 2 fully saturated rings. The molecule has 1 saturated heterocycles. The van der Waals surface area contributed by atoms with Crippen LogP contribution in [0.4, 0.5) is 4.79 Å². The van der Waals surface area contributed by atoms with E-state index in [1.165, 1.54) is 12.8 Å². The van der Waals surface area contributed by atoms with Crippen molar-refractivity contribution in [3.8, 4) is 0 Å². The van der Waals surface area contributed by atoms with E-state index in [9.17, 15) is 4.79 Å². The molecule has 2 aromatic heterocycles. The fraction of sp³-hybridized carbons (Fsp3) is 0.625. The normalized spacial score (nSPS) is 20.1. The predicted octanol–water partition coefficient (Wildman–Crippen LogP) is 2.54. The topological polar surface area (TPSA) is 75.9 Å². The Morgan fingerprint density at radius 3 is 2.71 bits per heavy atom. The molecule has 8 heteroatoms. The van der Waals surface area contributed by atoms with Gasteiger partial charge in [0.1, 0.15) is 17.7 Å². The number of hydrogen-bond acceptors (Lipinski definition) is 5. The Bertz CT molecular complexity index is 687. The van der Waals surface area contributed by atoms with Crippen molar-refractivity contribution in [2.75, 3.05) is 13.1 Å². The number of aromatic nitrogens is 4. The molecule has 2 aromatic rings. The molecule has 24 heavy (non-hydrogen) atoms. The van der Waals surface area contributed by atoms with E-state index >= 15 is 0 Å². The first-order valence-electron chi connectivity index (χ1n) is 8.52. The Morgan fingerprint density at radius 1 is 1.33 bits per heavy atom. The lowest BCUT2D eigenvalue weighted by molar-refractivity contribution is 0.164. The second kappa shape index (κ2) is 6.51. The second-order valence-electron chi connectivity index (χ2n) is 6.69. The maximum absolute atomic E-state index is 12.7. The molecule has 0 radical (unpaired) electrons. The highest BCUT2D eigenvalue weighted by Crippen LogP contribution is 2.42. The highest BCUT2D eigenvalue weighted by atomic mass is 32.1. The quantitative estimate of drug-likeness (QED) is 0.923. The molecular weight excluding hydrogens is 324 g/mol. The molecular formula is C16H22N6OS. The van der Waals surface area contributed by atoms with Crippen LogP contribution in [-0.2, 0) is 0 Å². The van der Waals surface area contributed by atoms with Gasteiger partial charge >= 0.3 is 6.03 Å². The van der Waals surface area contributed by atoms with Crippen molar-refractivity contribution in [1.82, 2.24) is 30.0 Å². The fourth-order valence-corrected chi connectivity index (χ4v) is 4.23. The van der Waals surface area contributed by atoms with Crippen LogP contribution in [0.25, 0.3) is 0 Å². The molecule has 1 unspecified atom stereocenters. The summed E-state index contributed by atoms with van der Waals surface area (Å²) in [6, 6.07) is 0.457. The molecule has 3 heterocycles. The van der Waals surface area contributed by atoms with E-state index in [1.807, 2.05) is 16.5 Å². The summed E-state index contributed by atoms with van der Waals surface area (Å²) in [5.41, 5.74) is 1.03. The zero-order chi connectivity index (χ0) is 16.5. The first kappa shape index (κ1) is 15.6. The lowest BCUT2D eigenvalue weighted by Gasteiger charge is -2.33. The molecule has 7 nitrogen and oxygen atoms in total. The number of likely N-dealkylation sites (tertiary alicyclic amines) is 1. The highest BCUT2D eigenvalue weighted by molar-refractivity contribution is 7.09. The molecule has 0 bridgehead atoms. The standard InChI is InChI=1S/C16H22N6OS/c1-11-8-24-15(19-11)14(12-2-3-12)20-16(23)21-6-4-13(5-7-21)22-10-17-9-18-22/h8-10,12-14H,2-7H2,1H3,(H,20,23). The van der Waals surface area contributed by atoms with Crippen molar-refractivity contribution < 1.29 is 4.79 Å². The average molecular weight is 346 g/mol. The summed E-state index contributed by atoms with van der Waals surface area (Å²) in [5.74, 6) is 0.548. The third kappa shape index (κ3) is 3.28. The van der Waals surface area contributed by atoms with Crippen LogP contribution >= 0.6 is 11.3 Å². The Balaban J connectivity index is 1.36. The summed E-state index contributed by atoms with van der Waals surface area (Å²) < 4.78 is 1.90. The van der Waals surface area contributed by atoms with Crippen molar-refractivity contribution in [3.05, 3.63) is 28.7 Å². The van der Waals surface area contributed by atoms with Gasteiger partial charge in [-0.15, -0.1) is 11.3 Å². The summed E-state index contributed by atoms with van der Waals surface area (Å²) >= 11 is 1.65. The number of thiazole rings is 1. The van der Waals surface area contributed by atoms with Crippen molar-refractivity contribution in [2.45, 2.75) is 44.7 Å². The van der Waals surface area contributed by atoms with E-state index in [0.717, 1.165) is 36.6 Å². The summed E-state index contributed by atoms with van der Waals surface area (Å²) in [7, 11) is 0. The average Bonchev–Trinajstić information content (AvgIpc) is 3.10. The molecule has 1 N–H and O–H groups in total. The number of piperidine rings is 1. The van der Waals surface area contributed by atoms with Crippen LogP contribution < -0.4 is 5.32 Å². The molecule has 2 aliphatic rings. The molecule has 1 saturated carbocycles. The zero-order valence-corrected chi connectivity index (χ0v) is 14.6. The molecule has 2 amide bonds. The molecule has 1 aliphatic heterocycles. The number of carbonyl (C=O) groups excluding carboxylic acids is 1. The van der Waals surface area contributed by atoms with Crippen LogP contribution in [0.2, 0.25) is 0 Å². The lowest BCUT2D eigenvalue weighted by Crippen LogP contribution is -2.46. The van der Waals surface area contributed by atoms with E-state index < -0.39 is 0 Å². The Morgan fingerprint density at radius 2 is 2.12 bits per heavy atom. The van der Waals surface area contributed by atoms with E-state index in [2.05, 4.69) is 25.8 Å². The smallest absolute Gasteiger partial charge is 0.317 e. The molecule has 4 rings (SSSR count). The van der Waals surface area contributed by atoms with E-state index in [-0.39, 0.29) is 12.1 Å². The van der Waals surface area contributed by atoms with Crippen LogP contribution in [0, 0.1) is 12.8 Å². The van der Waals surface area contributed by atoms with Gasteiger partial charge in [-0.25, -0.2) is 19.4 Å². The van der Waals surface area contributed by atoms with Crippen molar-refractivity contribution in [2.24, 2.45) is 5.92 Å². The van der Waals surface area contributed by atoms with Crippen molar-refractivity contribution in [3.63, 3.8) is 0 Å². The highest BCUT2D eigenvalue weighted by Gasteiger charge is 2.36. The summed E-state index contributed by atoms with van der Waals surface area (Å²) in [4.78, 5) is 23.2. The van der Waals surface area contributed by atoms with E-state index in [4.69, 9.17) is 0 Å². The van der Waals surface area contributed by atoms with Crippen molar-refractivity contribution >= 4 is 17.4 Å². The van der Waals surface area contributed by atoms with Crippen LogP contribution in [-0.4, -0.2) is 43.8 Å². The van der Waals surface area contributed by atoms with Gasteiger partial charge < -0.3 is 10.2 Å². The van der Waals surface area contributed by atoms with Crippen molar-refractivity contribution in [1.29, 1.82) is 0 Å². The number of hydrogen-bond donors (Lipinski definition) is 1. The minimum absolute atomic E-state index is 0.0387. The molecule has 1 aliphatic carbocycles. The fourth-order valence-electron chi connectivity index (χ4n) is 3.29. The maximum Gasteiger partial charge on any atom is 0.317 e. The zero-order valence-electron chi connectivity index (χ0n) is 13.8. The van der Waals surface area contributed by atoms with Gasteiger partial charge in [0.25, 0.3) is 0 Å². The molecule has 128 valence electrons. The molecule has 0 spiro atoms. The van der Waals surface area contributed by atoms with Crippen LogP contribution in [0.15, 0.2) is 18.0 Å². The third-order valence-electron chi connectivity index (χ3n) is 4.84. The van der Waals surface area contributed by atoms with Gasteiger partial charge in [0, 0.05) is 24.2 Å². The number of carbonyl (C=O) groups is 1. The Kier molecular flexibility index (Phi) is 4.22. The summed E-state index contributed by atoms with van der Waals surface area (Å²) in [5, 5.41) is 10.5. The van der Waals surface area contributed by atoms with Gasteiger partial charge in [-0.05, 0) is 38.5 Å². The summed E-state index contributed by atoms with van der Waals surface area (Å²) in [6.45, 7) is 3.51. The number of rotatable bonds is 4. The Hall–Kier alpha value is -1.96. The maximum atomic E-state index is 12.7. The first-order valence-corrected chi connectivity index (χ1v) is 9.40. The number of nitrogens with one attached hydrogen (secondary N) is 1. The number of aryl methyl sites for hydroxylation is 1. The van der Waals surface area contributed by atoms with Gasteiger partial charge in [-0.1, -0.05) is 0 Å². The van der Waals surface area contributed by atoms with Crippen LogP contribution in [0.1, 0.15) is 48.5 Å². The van der Waals surface area contributed by atoms with Gasteiger partial charge in [0.15, 0.2) is 0 Å². The van der Waals surface area contributed by atoms with Crippen LogP contribution in [0.3, 0.4) is 0 Å². The minimum atomic E-state index is 0.0387. The van der Waals surface area contributed by atoms with E-state index in [1.54, 1.807) is 24.0 Å². The van der Waals surface area contributed by atoms with E-state index in [0.29, 0.717) is 12.0 Å². The number of urea groups is 1. The Labute approximate surface area is 145 Å². The number of amides is 2. The molecule has 1 atom stereocenters. The number of nitrogens with zero attached hydrogens (tertiary/aromatic N) is 5. The van der Waals surface area contributed by atoms with Gasteiger partial charge in [-0.2, -0.15) is 5.10 Å². The van der Waals surface area contributed by atoms with Crippen LogP contribution in [0.5, 0.6) is 0 Å². The largest absolute Gasteiger partial charge is 0.328 e. The summed E-state index contributed by atoms with van der Waals surface area (Å²) in [6.07, 6.45) is 7.52. The third-order valence-corrected chi connectivity index (χ3v) is 5.88. The van der Waals surface area contributed by atoms with Gasteiger partial charge in [0.05, 0.1) is 12.1 Å². The lowest BCUT2D eigenvalue weighted by atomic mass is 10.1. The minimum Gasteiger partial charge on any atom is -0.328 e. The first-order chi connectivity index (χ1) is 11.7. The predicted molar refractivity (Wildman–Crippen MR) is 90.7 cm³/mol. The molecule has 0 aromatic carbocycles. The van der Waals surface area contributed by atoms with Gasteiger partial charge in [-0.3, -0.25) is 0 Å². The van der Waals surface area contributed by atoms with Gasteiger partial charge in [0.2, 0.25) is 0 Å². The monoisotopic (exact) mass is 346 g/mol.